The van der Waals surface area contributed by atoms with Crippen LogP contribution in [0.15, 0.2) is 42.5 Å². The molecule has 1 aliphatic heterocycles. The highest BCUT2D eigenvalue weighted by atomic mass is 16.5. The largest absolute Gasteiger partial charge is 0.494 e. The van der Waals surface area contributed by atoms with E-state index in [1.165, 1.54) is 32.1 Å². The van der Waals surface area contributed by atoms with Crippen LogP contribution >= 0.6 is 0 Å². The molecular formula is C23H26O5. The lowest BCUT2D eigenvalue weighted by molar-refractivity contribution is -0.131. The minimum Gasteiger partial charge on any atom is -0.494 e. The summed E-state index contributed by atoms with van der Waals surface area (Å²) in [5, 5.41) is 0. The van der Waals surface area contributed by atoms with E-state index < -0.39 is 5.97 Å². The van der Waals surface area contributed by atoms with Crippen LogP contribution in [0.5, 0.6) is 17.2 Å². The van der Waals surface area contributed by atoms with Gasteiger partial charge in [-0.05, 0) is 48.9 Å². The van der Waals surface area contributed by atoms with Gasteiger partial charge in [0.2, 0.25) is 0 Å². The zero-order valence-electron chi connectivity index (χ0n) is 16.2. The summed E-state index contributed by atoms with van der Waals surface area (Å²) < 4.78 is 16.2. The highest BCUT2D eigenvalue weighted by Crippen LogP contribution is 2.30. The van der Waals surface area contributed by atoms with Gasteiger partial charge in [-0.25, -0.2) is 4.79 Å². The van der Waals surface area contributed by atoms with Crippen molar-refractivity contribution in [3.8, 4) is 17.2 Å². The number of carbonyl (C=O) groups is 2. The Morgan fingerprint density at radius 3 is 2.46 bits per heavy atom. The van der Waals surface area contributed by atoms with Crippen molar-refractivity contribution in [3.05, 3.63) is 53.6 Å². The van der Waals surface area contributed by atoms with Crippen molar-refractivity contribution >= 4 is 11.9 Å². The summed E-state index contributed by atoms with van der Waals surface area (Å²) in [5.41, 5.74) is 1.17. The normalized spacial score (nSPS) is 12.4. The fraction of sp³-hybridized carbons (Fsp3) is 0.391. The predicted molar refractivity (Wildman–Crippen MR) is 106 cm³/mol. The highest BCUT2D eigenvalue weighted by molar-refractivity contribution is 5.91. The first-order valence-corrected chi connectivity index (χ1v) is 9.94. The number of fused-ring (bicyclic) bond motifs is 1. The monoisotopic (exact) mass is 382 g/mol. The molecule has 0 aromatic heterocycles. The summed E-state index contributed by atoms with van der Waals surface area (Å²) in [7, 11) is 0. The van der Waals surface area contributed by atoms with E-state index in [1.54, 1.807) is 42.5 Å². The van der Waals surface area contributed by atoms with E-state index in [1.807, 2.05) is 0 Å². The predicted octanol–water partition coefficient (Wildman–Crippen LogP) is 5.11. The highest BCUT2D eigenvalue weighted by Gasteiger charge is 2.21. The molecule has 0 amide bonds. The third-order valence-corrected chi connectivity index (χ3v) is 4.66. The Hall–Kier alpha value is -2.82. The van der Waals surface area contributed by atoms with Gasteiger partial charge in [0, 0.05) is 5.56 Å². The molecule has 2 aromatic rings. The van der Waals surface area contributed by atoms with Gasteiger partial charge in [-0.3, -0.25) is 4.79 Å². The molecule has 3 rings (SSSR count). The first-order chi connectivity index (χ1) is 13.7. The Bertz CT molecular complexity index is 810. The zero-order chi connectivity index (χ0) is 19.8. The molecule has 0 N–H and O–H groups in total. The minimum atomic E-state index is -0.451. The maximum absolute atomic E-state index is 12.3. The number of esters is 2. The summed E-state index contributed by atoms with van der Waals surface area (Å²) in [5.74, 6) is 0.920. The number of ether oxygens (including phenoxy) is 3. The maximum atomic E-state index is 12.3. The lowest BCUT2D eigenvalue weighted by Crippen LogP contribution is -2.08. The molecule has 28 heavy (non-hydrogen) atoms. The first-order valence-electron chi connectivity index (χ1n) is 9.94. The van der Waals surface area contributed by atoms with Crippen LogP contribution in [-0.4, -0.2) is 18.5 Å². The molecule has 5 heteroatoms. The van der Waals surface area contributed by atoms with Crippen LogP contribution in [0.3, 0.4) is 0 Å². The molecule has 2 aromatic carbocycles. The van der Waals surface area contributed by atoms with Gasteiger partial charge in [0.15, 0.2) is 0 Å². The summed E-state index contributed by atoms with van der Waals surface area (Å²) in [4.78, 5) is 23.6. The minimum absolute atomic E-state index is 0.200. The van der Waals surface area contributed by atoms with Crippen LogP contribution in [-0.2, 0) is 11.2 Å². The van der Waals surface area contributed by atoms with Crippen molar-refractivity contribution in [2.75, 3.05) is 6.61 Å². The average molecular weight is 382 g/mol. The van der Waals surface area contributed by atoms with E-state index in [2.05, 4.69) is 6.92 Å². The van der Waals surface area contributed by atoms with E-state index in [4.69, 9.17) is 14.2 Å². The Morgan fingerprint density at radius 1 is 0.964 bits per heavy atom. The number of benzene rings is 2. The topological polar surface area (TPSA) is 61.8 Å². The molecule has 0 saturated carbocycles. The summed E-state index contributed by atoms with van der Waals surface area (Å²) >= 11 is 0. The Kier molecular flexibility index (Phi) is 7.06. The molecule has 1 aliphatic rings. The quantitative estimate of drug-likeness (QED) is 0.325. The lowest BCUT2D eigenvalue weighted by atomic mass is 10.1. The van der Waals surface area contributed by atoms with Crippen molar-refractivity contribution in [2.24, 2.45) is 0 Å². The lowest BCUT2D eigenvalue weighted by Gasteiger charge is -2.08. The number of unbranched alkanes of at least 4 members (excludes halogenated alkanes) is 5. The van der Waals surface area contributed by atoms with Gasteiger partial charge in [-0.2, -0.15) is 0 Å². The molecule has 148 valence electrons. The van der Waals surface area contributed by atoms with Gasteiger partial charge in [-0.15, -0.1) is 0 Å². The van der Waals surface area contributed by atoms with E-state index in [9.17, 15) is 9.59 Å². The summed E-state index contributed by atoms with van der Waals surface area (Å²) in [6.45, 7) is 2.90. The Morgan fingerprint density at radius 2 is 1.68 bits per heavy atom. The van der Waals surface area contributed by atoms with Crippen LogP contribution in [0.2, 0.25) is 0 Å². The molecule has 0 radical (unpaired) electrons. The second-order valence-corrected chi connectivity index (χ2v) is 6.95. The van der Waals surface area contributed by atoms with E-state index in [-0.39, 0.29) is 12.4 Å². The van der Waals surface area contributed by atoms with Gasteiger partial charge in [0.25, 0.3) is 0 Å². The first kappa shape index (κ1) is 19.9. The van der Waals surface area contributed by atoms with Crippen LogP contribution in [0.4, 0.5) is 0 Å². The zero-order valence-corrected chi connectivity index (χ0v) is 16.2. The average Bonchev–Trinajstić information content (AvgIpc) is 3.07. The molecule has 0 bridgehead atoms. The van der Waals surface area contributed by atoms with E-state index >= 15 is 0 Å². The van der Waals surface area contributed by atoms with Crippen molar-refractivity contribution in [1.82, 2.24) is 0 Å². The number of hydrogen-bond donors (Lipinski definition) is 0. The van der Waals surface area contributed by atoms with Crippen molar-refractivity contribution < 1.29 is 23.8 Å². The fourth-order valence-corrected chi connectivity index (χ4v) is 3.10. The van der Waals surface area contributed by atoms with Gasteiger partial charge in [0.1, 0.15) is 17.2 Å². The van der Waals surface area contributed by atoms with Gasteiger partial charge in [-0.1, -0.05) is 39.0 Å². The van der Waals surface area contributed by atoms with Crippen molar-refractivity contribution in [1.29, 1.82) is 0 Å². The number of rotatable bonds is 10. The van der Waals surface area contributed by atoms with Crippen LogP contribution in [0.25, 0.3) is 0 Å². The fourth-order valence-electron chi connectivity index (χ4n) is 3.10. The second-order valence-electron chi connectivity index (χ2n) is 6.95. The van der Waals surface area contributed by atoms with Gasteiger partial charge < -0.3 is 14.2 Å². The van der Waals surface area contributed by atoms with Crippen molar-refractivity contribution in [3.63, 3.8) is 0 Å². The van der Waals surface area contributed by atoms with Gasteiger partial charge >= 0.3 is 11.9 Å². The molecule has 1 heterocycles. The standard InChI is InChI=1S/C23H26O5/c1-2-3-4-5-6-7-14-26-19-10-8-17(9-11-19)23(25)27-20-12-13-21-18(15-20)16-22(24)28-21/h8-13,15H,2-7,14,16H2,1H3. The summed E-state index contributed by atoms with van der Waals surface area (Å²) in [6.07, 6.45) is 7.53. The molecule has 0 saturated heterocycles. The third kappa shape index (κ3) is 5.59. The van der Waals surface area contributed by atoms with E-state index in [0.717, 1.165) is 17.7 Å². The molecule has 0 atom stereocenters. The van der Waals surface area contributed by atoms with Crippen LogP contribution in [0.1, 0.15) is 61.4 Å². The van der Waals surface area contributed by atoms with E-state index in [0.29, 0.717) is 23.7 Å². The van der Waals surface area contributed by atoms with Crippen LogP contribution < -0.4 is 14.2 Å². The van der Waals surface area contributed by atoms with Gasteiger partial charge in [0.05, 0.1) is 18.6 Å². The van der Waals surface area contributed by atoms with Crippen molar-refractivity contribution in [2.45, 2.75) is 51.9 Å². The second kappa shape index (κ2) is 9.93. The third-order valence-electron chi connectivity index (χ3n) is 4.66. The number of carbonyl (C=O) groups excluding carboxylic acids is 2. The Balaban J connectivity index is 1.45. The SMILES string of the molecule is CCCCCCCCOc1ccc(C(=O)Oc2ccc3c(c2)CC(=O)O3)cc1. The molecule has 0 fully saturated rings. The molecule has 0 spiro atoms. The smallest absolute Gasteiger partial charge is 0.343 e. The maximum Gasteiger partial charge on any atom is 0.343 e. The Labute approximate surface area is 165 Å². The number of hydrogen-bond acceptors (Lipinski definition) is 5. The molecule has 0 unspecified atom stereocenters. The molecular weight excluding hydrogens is 356 g/mol. The molecule has 5 nitrogen and oxygen atoms in total. The van der Waals surface area contributed by atoms with Crippen LogP contribution in [0, 0.1) is 0 Å². The molecule has 0 aliphatic carbocycles. The summed E-state index contributed by atoms with van der Waals surface area (Å²) in [6, 6.07) is 11.9.